The van der Waals surface area contributed by atoms with E-state index in [2.05, 4.69) is 9.39 Å². The van der Waals surface area contributed by atoms with Crippen molar-refractivity contribution in [1.82, 2.24) is 4.67 Å². The molecule has 1 unspecified atom stereocenters. The summed E-state index contributed by atoms with van der Waals surface area (Å²) < 4.78 is 1.44. The van der Waals surface area contributed by atoms with Gasteiger partial charge in [0.15, 0.2) is 0 Å². The summed E-state index contributed by atoms with van der Waals surface area (Å²) in [5, 5.41) is 0. The standard InChI is InChI=1S/C3H8NOP/c1-3(5)4(2)6/h6H2,1-2H3. The average molecular weight is 105 g/mol. The number of hydrogen-bond donors (Lipinski definition) is 0. The average Bonchev–Trinajstić information content (AvgIpc) is 1.36. The van der Waals surface area contributed by atoms with Gasteiger partial charge in [-0.3, -0.25) is 4.79 Å². The summed E-state index contributed by atoms with van der Waals surface area (Å²) in [6, 6.07) is 0. The molecular weight excluding hydrogens is 97.0 g/mol. The Labute approximate surface area is 39.8 Å². The molecule has 0 radical (unpaired) electrons. The molecule has 0 aliphatic heterocycles. The Bertz CT molecular complexity index is 61.8. The maximum Gasteiger partial charge on any atom is 0.222 e. The lowest BCUT2D eigenvalue weighted by Gasteiger charge is -2.01. The Morgan fingerprint density at radius 2 is 2.00 bits per heavy atom. The van der Waals surface area contributed by atoms with Crippen LogP contribution in [0.3, 0.4) is 0 Å². The molecule has 36 valence electrons. The highest BCUT2D eigenvalue weighted by atomic mass is 31.0. The van der Waals surface area contributed by atoms with E-state index in [1.165, 1.54) is 11.6 Å². The van der Waals surface area contributed by atoms with Crippen LogP contribution in [0, 0.1) is 0 Å². The molecule has 0 aromatic rings. The van der Waals surface area contributed by atoms with Gasteiger partial charge in [0.1, 0.15) is 0 Å². The molecule has 6 heavy (non-hydrogen) atoms. The number of carbonyl (C=O) groups excluding carboxylic acids is 1. The van der Waals surface area contributed by atoms with E-state index in [4.69, 9.17) is 0 Å². The smallest absolute Gasteiger partial charge is 0.222 e. The van der Waals surface area contributed by atoms with E-state index in [1.54, 1.807) is 7.05 Å². The fraction of sp³-hybridized carbons (Fsp3) is 0.667. The molecule has 0 aromatic carbocycles. The second-order valence-electron chi connectivity index (χ2n) is 1.13. The number of carbonyl (C=O) groups is 1. The zero-order chi connectivity index (χ0) is 5.15. The van der Waals surface area contributed by atoms with Crippen molar-refractivity contribution in [3.05, 3.63) is 0 Å². The Morgan fingerprint density at radius 3 is 2.00 bits per heavy atom. The van der Waals surface area contributed by atoms with Crippen molar-refractivity contribution in [3.8, 4) is 0 Å². The summed E-state index contributed by atoms with van der Waals surface area (Å²) in [6.45, 7) is 1.51. The Kier molecular flexibility index (Phi) is 2.11. The first-order valence-corrected chi connectivity index (χ1v) is 2.15. The fourth-order valence-corrected chi connectivity index (χ4v) is 0. The number of nitrogens with zero attached hydrogens (tertiary/aromatic N) is 1. The van der Waals surface area contributed by atoms with Crippen molar-refractivity contribution >= 4 is 15.3 Å². The number of rotatable bonds is 0. The van der Waals surface area contributed by atoms with Crippen molar-refractivity contribution in [3.63, 3.8) is 0 Å². The summed E-state index contributed by atoms with van der Waals surface area (Å²) in [7, 11) is 3.94. The zero-order valence-electron chi connectivity index (χ0n) is 3.93. The van der Waals surface area contributed by atoms with Crippen LogP contribution < -0.4 is 0 Å². The zero-order valence-corrected chi connectivity index (χ0v) is 5.09. The molecule has 2 nitrogen and oxygen atoms in total. The molecule has 1 amide bonds. The summed E-state index contributed by atoms with van der Waals surface area (Å²) in [5.74, 6) is 0.0556. The monoisotopic (exact) mass is 105 g/mol. The van der Waals surface area contributed by atoms with Gasteiger partial charge in [-0.2, -0.15) is 0 Å². The van der Waals surface area contributed by atoms with Gasteiger partial charge in [0.2, 0.25) is 5.91 Å². The van der Waals surface area contributed by atoms with Crippen molar-refractivity contribution in [2.24, 2.45) is 0 Å². The van der Waals surface area contributed by atoms with Crippen LogP contribution in [0.25, 0.3) is 0 Å². The summed E-state index contributed by atoms with van der Waals surface area (Å²) >= 11 is 0. The van der Waals surface area contributed by atoms with E-state index in [-0.39, 0.29) is 5.91 Å². The van der Waals surface area contributed by atoms with Crippen LogP contribution in [0.4, 0.5) is 0 Å². The van der Waals surface area contributed by atoms with Crippen LogP contribution in [0.1, 0.15) is 6.92 Å². The Hall–Kier alpha value is -0.100. The molecule has 0 aliphatic rings. The maximum atomic E-state index is 10.0. The van der Waals surface area contributed by atoms with Gasteiger partial charge in [0.05, 0.1) is 0 Å². The topological polar surface area (TPSA) is 20.3 Å². The first-order valence-electron chi connectivity index (χ1n) is 1.63. The van der Waals surface area contributed by atoms with Crippen LogP contribution in [-0.2, 0) is 4.79 Å². The molecule has 0 aromatic heterocycles. The molecule has 0 saturated carbocycles. The predicted octanol–water partition coefficient (Wildman–Crippen LogP) is 0.255. The van der Waals surface area contributed by atoms with Gasteiger partial charge in [-0.15, -0.1) is 0 Å². The van der Waals surface area contributed by atoms with Gasteiger partial charge in [-0.1, -0.05) is 0 Å². The van der Waals surface area contributed by atoms with Crippen LogP contribution >= 0.6 is 9.39 Å². The Morgan fingerprint density at radius 1 is 1.83 bits per heavy atom. The van der Waals surface area contributed by atoms with E-state index in [9.17, 15) is 4.79 Å². The van der Waals surface area contributed by atoms with Gasteiger partial charge < -0.3 is 4.67 Å². The molecule has 0 spiro atoms. The molecule has 0 N–H and O–H groups in total. The van der Waals surface area contributed by atoms with Crippen LogP contribution in [0.2, 0.25) is 0 Å². The second-order valence-corrected chi connectivity index (χ2v) is 1.90. The van der Waals surface area contributed by atoms with Crippen LogP contribution in [0.15, 0.2) is 0 Å². The number of hydrogen-bond acceptors (Lipinski definition) is 1. The third-order valence-electron chi connectivity index (χ3n) is 0.497. The third-order valence-corrected chi connectivity index (χ3v) is 0.860. The predicted molar refractivity (Wildman–Crippen MR) is 28.2 cm³/mol. The van der Waals surface area contributed by atoms with E-state index in [0.717, 1.165) is 0 Å². The molecule has 0 rings (SSSR count). The molecular formula is C3H8NOP. The normalized spacial score (nSPS) is 7.83. The lowest BCUT2D eigenvalue weighted by atomic mass is 10.7. The minimum atomic E-state index is 0.0556. The fourth-order valence-electron chi connectivity index (χ4n) is 0. The van der Waals surface area contributed by atoms with E-state index in [1.807, 2.05) is 0 Å². The largest absolute Gasteiger partial charge is 0.331 e. The summed E-state index contributed by atoms with van der Waals surface area (Å²) in [5.41, 5.74) is 0. The highest BCUT2D eigenvalue weighted by Gasteiger charge is 1.87. The number of amides is 1. The highest BCUT2D eigenvalue weighted by Crippen LogP contribution is 1.89. The second kappa shape index (κ2) is 2.14. The molecule has 0 aliphatic carbocycles. The highest BCUT2D eigenvalue weighted by molar-refractivity contribution is 7.14. The molecule has 0 heterocycles. The molecule has 0 saturated heterocycles. The van der Waals surface area contributed by atoms with Crippen molar-refractivity contribution in [1.29, 1.82) is 0 Å². The minimum Gasteiger partial charge on any atom is -0.331 e. The minimum absolute atomic E-state index is 0.0556. The van der Waals surface area contributed by atoms with Gasteiger partial charge in [0.25, 0.3) is 0 Å². The van der Waals surface area contributed by atoms with E-state index in [0.29, 0.717) is 0 Å². The van der Waals surface area contributed by atoms with Gasteiger partial charge >= 0.3 is 0 Å². The maximum absolute atomic E-state index is 10.0. The molecule has 1 atom stereocenters. The molecule has 0 bridgehead atoms. The third kappa shape index (κ3) is 2.16. The lowest BCUT2D eigenvalue weighted by molar-refractivity contribution is -0.123. The SMILES string of the molecule is CC(=O)N(C)P. The Balaban J connectivity index is 3.26. The van der Waals surface area contributed by atoms with Gasteiger partial charge in [-0.25, -0.2) is 0 Å². The lowest BCUT2D eigenvalue weighted by Crippen LogP contribution is -2.09. The van der Waals surface area contributed by atoms with Gasteiger partial charge in [0, 0.05) is 14.0 Å². The first-order chi connectivity index (χ1) is 2.64. The van der Waals surface area contributed by atoms with Gasteiger partial charge in [-0.05, 0) is 9.39 Å². The first kappa shape index (κ1) is 5.90. The van der Waals surface area contributed by atoms with Crippen molar-refractivity contribution in [2.75, 3.05) is 7.05 Å². The van der Waals surface area contributed by atoms with Crippen molar-refractivity contribution in [2.45, 2.75) is 6.92 Å². The van der Waals surface area contributed by atoms with E-state index < -0.39 is 0 Å². The van der Waals surface area contributed by atoms with Crippen LogP contribution in [0.5, 0.6) is 0 Å². The quantitative estimate of drug-likeness (QED) is 0.404. The summed E-state index contributed by atoms with van der Waals surface area (Å²) in [6.07, 6.45) is 0. The van der Waals surface area contributed by atoms with Crippen molar-refractivity contribution < 1.29 is 4.79 Å². The van der Waals surface area contributed by atoms with Crippen LogP contribution in [-0.4, -0.2) is 17.6 Å². The molecule has 3 heteroatoms. The summed E-state index contributed by atoms with van der Waals surface area (Å²) in [4.78, 5) is 10.0. The molecule has 0 fully saturated rings. The van der Waals surface area contributed by atoms with E-state index >= 15 is 0 Å².